The van der Waals surface area contributed by atoms with Crippen molar-refractivity contribution in [3.05, 3.63) is 11.1 Å². The van der Waals surface area contributed by atoms with E-state index in [0.29, 0.717) is 19.4 Å². The summed E-state index contributed by atoms with van der Waals surface area (Å²) in [5.74, 6) is -0.162. The Kier molecular flexibility index (Phi) is 8.16. The number of esters is 1. The molecule has 0 amide bonds. The summed E-state index contributed by atoms with van der Waals surface area (Å²) >= 11 is 1.57. The molecule has 0 aliphatic rings. The Morgan fingerprint density at radius 2 is 2.32 bits per heavy atom. The lowest BCUT2D eigenvalue weighted by atomic mass is 10.2. The molecule has 1 aromatic heterocycles. The Morgan fingerprint density at radius 1 is 1.47 bits per heavy atom. The van der Waals surface area contributed by atoms with E-state index in [2.05, 4.69) is 10.3 Å². The molecule has 0 unspecified atom stereocenters. The quantitative estimate of drug-likeness (QED) is 0.529. The van der Waals surface area contributed by atoms with Crippen LogP contribution in [-0.4, -0.2) is 37.8 Å². The maximum absolute atomic E-state index is 11.2. The molecule has 1 rings (SSSR count). The topological polar surface area (TPSA) is 60.5 Å². The van der Waals surface area contributed by atoms with Gasteiger partial charge >= 0.3 is 5.97 Å². The summed E-state index contributed by atoms with van der Waals surface area (Å²) in [4.78, 5) is 15.7. The van der Waals surface area contributed by atoms with Crippen molar-refractivity contribution in [2.24, 2.45) is 0 Å². The molecular weight excluding hydrogens is 264 g/mol. The van der Waals surface area contributed by atoms with Crippen LogP contribution in [0.2, 0.25) is 0 Å². The lowest BCUT2D eigenvalue weighted by molar-refractivity contribution is -0.143. The van der Waals surface area contributed by atoms with Crippen molar-refractivity contribution in [2.45, 2.75) is 32.6 Å². The average molecular weight is 286 g/mol. The van der Waals surface area contributed by atoms with Crippen LogP contribution in [0.25, 0.3) is 0 Å². The molecule has 1 aromatic rings. The summed E-state index contributed by atoms with van der Waals surface area (Å²) in [6, 6.07) is 0. The predicted molar refractivity (Wildman–Crippen MR) is 76.7 cm³/mol. The third kappa shape index (κ3) is 7.12. The Bertz CT molecular complexity index is 369. The second-order valence-corrected chi connectivity index (χ2v) is 4.93. The van der Waals surface area contributed by atoms with Gasteiger partial charge in [-0.25, -0.2) is 4.98 Å². The average Bonchev–Trinajstić information content (AvgIpc) is 2.84. The van der Waals surface area contributed by atoms with E-state index < -0.39 is 0 Å². The third-order valence-corrected chi connectivity index (χ3v) is 3.34. The number of unbranched alkanes of at least 4 members (excludes halogenated alkanes) is 1. The van der Waals surface area contributed by atoms with E-state index in [9.17, 15) is 4.79 Å². The molecule has 5 nitrogen and oxygen atoms in total. The van der Waals surface area contributed by atoms with E-state index in [1.54, 1.807) is 18.4 Å². The molecule has 0 aromatic carbocycles. The van der Waals surface area contributed by atoms with Crippen LogP contribution in [-0.2, 0) is 20.7 Å². The number of aryl methyl sites for hydroxylation is 1. The smallest absolute Gasteiger partial charge is 0.306 e. The van der Waals surface area contributed by atoms with Gasteiger partial charge in [0.15, 0.2) is 5.13 Å². The van der Waals surface area contributed by atoms with Gasteiger partial charge in [0.25, 0.3) is 0 Å². The van der Waals surface area contributed by atoms with Gasteiger partial charge in [-0.15, -0.1) is 11.3 Å². The summed E-state index contributed by atoms with van der Waals surface area (Å²) in [5.41, 5.74) is 0.942. The first kappa shape index (κ1) is 15.9. The highest BCUT2D eigenvalue weighted by atomic mass is 32.1. The third-order valence-electron chi connectivity index (χ3n) is 2.49. The maximum Gasteiger partial charge on any atom is 0.306 e. The van der Waals surface area contributed by atoms with Gasteiger partial charge in [0.2, 0.25) is 0 Å². The lowest BCUT2D eigenvalue weighted by Gasteiger charge is -2.02. The van der Waals surface area contributed by atoms with Crippen molar-refractivity contribution in [3.8, 4) is 0 Å². The number of carbonyl (C=O) groups is 1. The number of ether oxygens (including phenoxy) is 2. The van der Waals surface area contributed by atoms with Crippen molar-refractivity contribution in [1.29, 1.82) is 0 Å². The monoisotopic (exact) mass is 286 g/mol. The molecular formula is C13H22N2O3S. The number of carbonyl (C=O) groups excluding carboxylic acids is 1. The maximum atomic E-state index is 11.2. The van der Waals surface area contributed by atoms with Gasteiger partial charge in [-0.3, -0.25) is 4.79 Å². The number of hydrogen-bond acceptors (Lipinski definition) is 6. The van der Waals surface area contributed by atoms with Gasteiger partial charge in [0.05, 0.1) is 18.7 Å². The van der Waals surface area contributed by atoms with Gasteiger partial charge in [-0.2, -0.15) is 0 Å². The molecule has 108 valence electrons. The van der Waals surface area contributed by atoms with Crippen molar-refractivity contribution in [2.75, 3.05) is 32.2 Å². The van der Waals surface area contributed by atoms with Gasteiger partial charge < -0.3 is 14.8 Å². The highest BCUT2D eigenvalue weighted by Gasteiger charge is 2.06. The Hall–Kier alpha value is -1.14. The molecule has 0 saturated carbocycles. The Labute approximate surface area is 118 Å². The molecule has 1 N–H and O–H groups in total. The molecule has 19 heavy (non-hydrogen) atoms. The normalized spacial score (nSPS) is 10.4. The number of nitrogens with one attached hydrogen (secondary N) is 1. The van der Waals surface area contributed by atoms with Crippen LogP contribution in [0.5, 0.6) is 0 Å². The number of anilines is 1. The summed E-state index contributed by atoms with van der Waals surface area (Å²) in [7, 11) is 1.71. The van der Waals surface area contributed by atoms with Crippen molar-refractivity contribution in [3.63, 3.8) is 0 Å². The van der Waals surface area contributed by atoms with E-state index in [-0.39, 0.29) is 5.97 Å². The number of nitrogens with zero attached hydrogens (tertiary/aromatic N) is 1. The number of hydrogen-bond donors (Lipinski definition) is 1. The fourth-order valence-corrected chi connectivity index (χ4v) is 2.31. The molecule has 0 aliphatic carbocycles. The van der Waals surface area contributed by atoms with Crippen LogP contribution in [0.4, 0.5) is 5.13 Å². The highest BCUT2D eigenvalue weighted by Crippen LogP contribution is 2.16. The van der Waals surface area contributed by atoms with Crippen molar-refractivity contribution >= 4 is 22.4 Å². The van der Waals surface area contributed by atoms with E-state index in [1.165, 1.54) is 0 Å². The molecule has 0 radical (unpaired) electrons. The standard InChI is InChI=1S/C13H22N2O3S/c1-3-18-12(16)7-6-11-10-19-13(15-11)14-8-4-5-9-17-2/h10H,3-9H2,1-2H3,(H,14,15). The molecule has 0 fully saturated rings. The number of aromatic nitrogens is 1. The molecule has 0 spiro atoms. The largest absolute Gasteiger partial charge is 0.466 e. The van der Waals surface area contributed by atoms with Crippen molar-refractivity contribution in [1.82, 2.24) is 4.98 Å². The molecule has 0 atom stereocenters. The van der Waals surface area contributed by atoms with Crippen LogP contribution in [0.15, 0.2) is 5.38 Å². The minimum atomic E-state index is -0.162. The van der Waals surface area contributed by atoms with Crippen LogP contribution >= 0.6 is 11.3 Å². The zero-order chi connectivity index (χ0) is 13.9. The summed E-state index contributed by atoms with van der Waals surface area (Å²) < 4.78 is 9.87. The first-order valence-electron chi connectivity index (χ1n) is 6.59. The lowest BCUT2D eigenvalue weighted by Crippen LogP contribution is -2.05. The zero-order valence-corrected chi connectivity index (χ0v) is 12.4. The van der Waals surface area contributed by atoms with Gasteiger partial charge in [0, 0.05) is 32.1 Å². The molecule has 0 aliphatic heterocycles. The van der Waals surface area contributed by atoms with Crippen LogP contribution < -0.4 is 5.32 Å². The van der Waals surface area contributed by atoms with E-state index in [1.807, 2.05) is 12.3 Å². The van der Waals surface area contributed by atoms with E-state index >= 15 is 0 Å². The second-order valence-electron chi connectivity index (χ2n) is 4.08. The highest BCUT2D eigenvalue weighted by molar-refractivity contribution is 7.13. The minimum absolute atomic E-state index is 0.162. The van der Waals surface area contributed by atoms with Gasteiger partial charge in [-0.1, -0.05) is 0 Å². The van der Waals surface area contributed by atoms with Crippen molar-refractivity contribution < 1.29 is 14.3 Å². The summed E-state index contributed by atoms with van der Waals surface area (Å²) in [6.45, 7) is 3.94. The fourth-order valence-electron chi connectivity index (χ4n) is 1.53. The predicted octanol–water partition coefficient (Wildman–Crippen LogP) is 2.48. The molecule has 6 heteroatoms. The second kappa shape index (κ2) is 9.75. The summed E-state index contributed by atoms with van der Waals surface area (Å²) in [5, 5.41) is 6.17. The molecule has 0 saturated heterocycles. The first-order valence-corrected chi connectivity index (χ1v) is 7.47. The minimum Gasteiger partial charge on any atom is -0.466 e. The Balaban J connectivity index is 2.19. The first-order chi connectivity index (χ1) is 9.26. The number of thiazole rings is 1. The molecule has 0 bridgehead atoms. The SMILES string of the molecule is CCOC(=O)CCc1csc(NCCCCOC)n1. The number of methoxy groups -OCH3 is 1. The summed E-state index contributed by atoms with van der Waals surface area (Å²) in [6.07, 6.45) is 3.14. The van der Waals surface area contributed by atoms with Gasteiger partial charge in [-0.05, 0) is 19.8 Å². The van der Waals surface area contributed by atoms with Crippen LogP contribution in [0, 0.1) is 0 Å². The van der Waals surface area contributed by atoms with Gasteiger partial charge in [0.1, 0.15) is 0 Å². The van der Waals surface area contributed by atoms with Crippen LogP contribution in [0.3, 0.4) is 0 Å². The zero-order valence-electron chi connectivity index (χ0n) is 11.6. The Morgan fingerprint density at radius 3 is 3.05 bits per heavy atom. The van der Waals surface area contributed by atoms with E-state index in [0.717, 1.165) is 36.8 Å². The van der Waals surface area contributed by atoms with E-state index in [4.69, 9.17) is 9.47 Å². The molecule has 1 heterocycles. The van der Waals surface area contributed by atoms with Crippen LogP contribution in [0.1, 0.15) is 31.9 Å². The number of rotatable bonds is 10. The fraction of sp³-hybridized carbons (Fsp3) is 0.692.